The molecule has 0 saturated carbocycles. The van der Waals surface area contributed by atoms with Crippen LogP contribution in [0.25, 0.3) is 0 Å². The van der Waals surface area contributed by atoms with E-state index >= 15 is 0 Å². The molecule has 1 unspecified atom stereocenters. The molecular formula is C16H33N5. The maximum absolute atomic E-state index is 7.10. The fourth-order valence-electron chi connectivity index (χ4n) is 2.72. The van der Waals surface area contributed by atoms with Gasteiger partial charge in [-0.3, -0.25) is 0 Å². The minimum absolute atomic E-state index is 1.01. The number of rotatable bonds is 7. The van der Waals surface area contributed by atoms with E-state index in [1.165, 1.54) is 83.3 Å². The summed E-state index contributed by atoms with van der Waals surface area (Å²) in [6.07, 6.45) is 15.6. The van der Waals surface area contributed by atoms with Crippen LogP contribution in [0, 0.1) is 28.8 Å². The van der Waals surface area contributed by atoms with Crippen LogP contribution < -0.4 is 11.5 Å². The van der Waals surface area contributed by atoms with Crippen molar-refractivity contribution in [1.82, 2.24) is 4.90 Å². The standard InChI is InChI=1S/C14H29N.2CH2N2/c1-3-4-5-6-7-8-10-14-11-9-12-15(2)13-14;2*2-1-3/h14H,3-13H2,1-2H3;2*2H2. The molecular weight excluding hydrogens is 262 g/mol. The van der Waals surface area contributed by atoms with Crippen LogP contribution in [0.1, 0.15) is 64.7 Å². The van der Waals surface area contributed by atoms with Gasteiger partial charge < -0.3 is 16.4 Å². The number of nitrogens with two attached hydrogens (primary N) is 2. The van der Waals surface area contributed by atoms with Crippen molar-refractivity contribution < 1.29 is 0 Å². The predicted octanol–water partition coefficient (Wildman–Crippen LogP) is 2.93. The van der Waals surface area contributed by atoms with Crippen LogP contribution in [0.5, 0.6) is 0 Å². The van der Waals surface area contributed by atoms with Crippen LogP contribution in [-0.4, -0.2) is 25.0 Å². The maximum Gasteiger partial charge on any atom is 0.173 e. The van der Waals surface area contributed by atoms with Gasteiger partial charge in [-0.15, -0.1) is 0 Å². The zero-order chi connectivity index (χ0) is 16.3. The first-order chi connectivity index (χ1) is 10.2. The molecule has 0 aromatic rings. The SMILES string of the molecule is CCCCCCCCC1CCCN(C)C1.N#CN.N#CN. The smallest absolute Gasteiger partial charge is 0.173 e. The highest BCUT2D eigenvalue weighted by Crippen LogP contribution is 2.21. The highest BCUT2D eigenvalue weighted by atomic mass is 15.1. The number of nitriles is 2. The molecule has 1 rings (SSSR count). The molecule has 122 valence electrons. The number of hydrogen-bond donors (Lipinski definition) is 2. The zero-order valence-electron chi connectivity index (χ0n) is 13.9. The molecule has 1 heterocycles. The number of unbranched alkanes of at least 4 members (excludes halogenated alkanes) is 5. The monoisotopic (exact) mass is 295 g/mol. The molecule has 1 aliphatic heterocycles. The summed E-state index contributed by atoms with van der Waals surface area (Å²) in [5.41, 5.74) is 8.31. The summed E-state index contributed by atoms with van der Waals surface area (Å²) in [6.45, 7) is 4.97. The Balaban J connectivity index is 0. The third-order valence-electron chi connectivity index (χ3n) is 3.69. The van der Waals surface area contributed by atoms with Crippen LogP contribution in [0.4, 0.5) is 0 Å². The average Bonchev–Trinajstić information content (AvgIpc) is 2.44. The summed E-state index contributed by atoms with van der Waals surface area (Å²) in [6, 6.07) is 0. The van der Waals surface area contributed by atoms with Gasteiger partial charge in [-0.1, -0.05) is 45.4 Å². The minimum atomic E-state index is 1.01. The van der Waals surface area contributed by atoms with Gasteiger partial charge in [0.1, 0.15) is 0 Å². The summed E-state index contributed by atoms with van der Waals surface area (Å²) < 4.78 is 0. The van der Waals surface area contributed by atoms with E-state index in [9.17, 15) is 0 Å². The Morgan fingerprint density at radius 1 is 1.05 bits per heavy atom. The van der Waals surface area contributed by atoms with Gasteiger partial charge in [0.25, 0.3) is 0 Å². The van der Waals surface area contributed by atoms with E-state index in [-0.39, 0.29) is 0 Å². The Morgan fingerprint density at radius 3 is 2.10 bits per heavy atom. The molecule has 0 radical (unpaired) electrons. The van der Waals surface area contributed by atoms with Gasteiger partial charge in [0.05, 0.1) is 0 Å². The van der Waals surface area contributed by atoms with Crippen molar-refractivity contribution in [1.29, 1.82) is 10.5 Å². The molecule has 1 fully saturated rings. The van der Waals surface area contributed by atoms with Crippen molar-refractivity contribution in [3.05, 3.63) is 0 Å². The topological polar surface area (TPSA) is 103 Å². The lowest BCUT2D eigenvalue weighted by Gasteiger charge is -2.29. The van der Waals surface area contributed by atoms with Crippen LogP contribution in [0.2, 0.25) is 0 Å². The second-order valence-electron chi connectivity index (χ2n) is 5.59. The largest absolute Gasteiger partial charge is 0.337 e. The fraction of sp³-hybridized carbons (Fsp3) is 0.875. The normalized spacial score (nSPS) is 17.2. The van der Waals surface area contributed by atoms with E-state index in [0.29, 0.717) is 0 Å². The Kier molecular flexibility index (Phi) is 19.3. The Labute approximate surface area is 130 Å². The van der Waals surface area contributed by atoms with Crippen molar-refractivity contribution >= 4 is 0 Å². The first kappa shape index (κ1) is 21.8. The predicted molar refractivity (Wildman–Crippen MR) is 87.8 cm³/mol. The van der Waals surface area contributed by atoms with Gasteiger partial charge >= 0.3 is 0 Å². The van der Waals surface area contributed by atoms with Crippen molar-refractivity contribution in [2.24, 2.45) is 17.4 Å². The van der Waals surface area contributed by atoms with Gasteiger partial charge in [-0.2, -0.15) is 10.5 Å². The zero-order valence-corrected chi connectivity index (χ0v) is 13.9. The summed E-state index contributed by atoms with van der Waals surface area (Å²) in [5, 5.41) is 14.2. The molecule has 0 aliphatic carbocycles. The van der Waals surface area contributed by atoms with Crippen molar-refractivity contribution in [3.8, 4) is 12.4 Å². The molecule has 5 heteroatoms. The highest BCUT2D eigenvalue weighted by molar-refractivity contribution is 4.70. The summed E-state index contributed by atoms with van der Waals surface area (Å²) in [5.74, 6) is 1.01. The van der Waals surface area contributed by atoms with E-state index in [0.717, 1.165) is 5.92 Å². The molecule has 0 aromatic heterocycles. The first-order valence-corrected chi connectivity index (χ1v) is 8.04. The number of hydrogen-bond acceptors (Lipinski definition) is 5. The maximum atomic E-state index is 7.10. The molecule has 0 amide bonds. The van der Waals surface area contributed by atoms with Gasteiger partial charge in [0, 0.05) is 6.54 Å². The highest BCUT2D eigenvalue weighted by Gasteiger charge is 2.15. The summed E-state index contributed by atoms with van der Waals surface area (Å²) >= 11 is 0. The van der Waals surface area contributed by atoms with Gasteiger partial charge in [0.2, 0.25) is 0 Å². The molecule has 4 N–H and O–H groups in total. The summed E-state index contributed by atoms with van der Waals surface area (Å²) in [7, 11) is 2.27. The Morgan fingerprint density at radius 2 is 1.57 bits per heavy atom. The second-order valence-corrected chi connectivity index (χ2v) is 5.59. The Hall–Kier alpha value is -1.46. The van der Waals surface area contributed by atoms with Gasteiger partial charge in [-0.25, -0.2) is 0 Å². The van der Waals surface area contributed by atoms with Crippen molar-refractivity contribution in [2.75, 3.05) is 20.1 Å². The lowest BCUT2D eigenvalue weighted by atomic mass is 9.92. The second kappa shape index (κ2) is 18.5. The van der Waals surface area contributed by atoms with E-state index in [1.54, 1.807) is 0 Å². The van der Waals surface area contributed by atoms with Crippen LogP contribution in [0.3, 0.4) is 0 Å². The molecule has 0 bridgehead atoms. The molecule has 0 spiro atoms. The lowest BCUT2D eigenvalue weighted by molar-refractivity contribution is 0.199. The molecule has 21 heavy (non-hydrogen) atoms. The quantitative estimate of drug-likeness (QED) is 0.427. The average molecular weight is 295 g/mol. The van der Waals surface area contributed by atoms with Gasteiger partial charge in [0.15, 0.2) is 12.4 Å². The van der Waals surface area contributed by atoms with Crippen molar-refractivity contribution in [3.63, 3.8) is 0 Å². The first-order valence-electron chi connectivity index (χ1n) is 8.04. The van der Waals surface area contributed by atoms with Crippen molar-refractivity contribution in [2.45, 2.75) is 64.7 Å². The van der Waals surface area contributed by atoms with Gasteiger partial charge in [-0.05, 0) is 38.8 Å². The molecule has 1 atom stereocenters. The van der Waals surface area contributed by atoms with E-state index in [2.05, 4.69) is 30.3 Å². The molecule has 1 aliphatic rings. The third-order valence-corrected chi connectivity index (χ3v) is 3.69. The molecule has 5 nitrogen and oxygen atoms in total. The summed E-state index contributed by atoms with van der Waals surface area (Å²) in [4.78, 5) is 2.51. The van der Waals surface area contributed by atoms with Crippen LogP contribution in [0.15, 0.2) is 0 Å². The molecule has 1 saturated heterocycles. The van der Waals surface area contributed by atoms with E-state index in [1.807, 2.05) is 0 Å². The number of likely N-dealkylation sites (tertiary alicyclic amines) is 1. The van der Waals surface area contributed by atoms with Crippen LogP contribution >= 0.6 is 0 Å². The number of nitrogens with zero attached hydrogens (tertiary/aromatic N) is 3. The fourth-order valence-corrected chi connectivity index (χ4v) is 2.72. The minimum Gasteiger partial charge on any atom is -0.337 e. The molecule has 0 aromatic carbocycles. The van der Waals surface area contributed by atoms with Crippen LogP contribution in [-0.2, 0) is 0 Å². The van der Waals surface area contributed by atoms with E-state index in [4.69, 9.17) is 10.5 Å². The lowest BCUT2D eigenvalue weighted by Crippen LogP contribution is -2.31. The third kappa shape index (κ3) is 18.5. The number of piperidine rings is 1. The van der Waals surface area contributed by atoms with E-state index < -0.39 is 0 Å². The Bertz CT molecular complexity index is 267.